The number of hydrogen-bond donors (Lipinski definition) is 0. The Hall–Kier alpha value is -1.30. The maximum Gasteiger partial charge on any atom is -0.0117 e. The largest absolute Gasteiger partial charge is 0.0838 e. The van der Waals surface area contributed by atoms with E-state index < -0.39 is 0 Å². The minimum atomic E-state index is 1.22. The van der Waals surface area contributed by atoms with Gasteiger partial charge >= 0.3 is 0 Å². The van der Waals surface area contributed by atoms with Crippen molar-refractivity contribution in [3.8, 4) is 0 Å². The van der Waals surface area contributed by atoms with E-state index in [2.05, 4.69) is 38.1 Å². The summed E-state index contributed by atoms with van der Waals surface area (Å²) < 4.78 is 0. The van der Waals surface area contributed by atoms with Crippen LogP contribution in [-0.2, 0) is 12.8 Å². The third-order valence-electron chi connectivity index (χ3n) is 4.02. The molecule has 1 aromatic carbocycles. The lowest BCUT2D eigenvalue weighted by Crippen LogP contribution is -2.13. The number of benzene rings is 1. The van der Waals surface area contributed by atoms with Crippen LogP contribution in [0.5, 0.6) is 0 Å². The fourth-order valence-corrected chi connectivity index (χ4v) is 3.17. The summed E-state index contributed by atoms with van der Waals surface area (Å²) in [4.78, 5) is 0. The first-order valence-electron chi connectivity index (χ1n) is 6.27. The quantitative estimate of drug-likeness (QED) is 0.599. The zero-order valence-corrected chi connectivity index (χ0v) is 10.1. The molecule has 0 aliphatic heterocycles. The van der Waals surface area contributed by atoms with E-state index >= 15 is 0 Å². The van der Waals surface area contributed by atoms with E-state index in [-0.39, 0.29) is 0 Å². The fraction of sp³-hybridized carbons (Fsp3) is 0.375. The van der Waals surface area contributed by atoms with E-state index in [0.29, 0.717) is 0 Å². The van der Waals surface area contributed by atoms with Gasteiger partial charge in [0.1, 0.15) is 0 Å². The van der Waals surface area contributed by atoms with Gasteiger partial charge in [-0.3, -0.25) is 0 Å². The summed E-state index contributed by atoms with van der Waals surface area (Å²) in [5.41, 5.74) is 9.44. The Balaban J connectivity index is 2.32. The molecule has 0 amide bonds. The van der Waals surface area contributed by atoms with Gasteiger partial charge in [0.15, 0.2) is 0 Å². The summed E-state index contributed by atoms with van der Waals surface area (Å²) in [5.74, 6) is 0. The first kappa shape index (κ1) is 9.89. The van der Waals surface area contributed by atoms with Crippen molar-refractivity contribution in [1.82, 2.24) is 0 Å². The van der Waals surface area contributed by atoms with Crippen molar-refractivity contribution in [1.29, 1.82) is 0 Å². The van der Waals surface area contributed by atoms with Crippen LogP contribution >= 0.6 is 0 Å². The first-order valence-corrected chi connectivity index (χ1v) is 6.27. The number of aryl methyl sites for hydroxylation is 2. The van der Waals surface area contributed by atoms with Crippen molar-refractivity contribution in [2.45, 2.75) is 39.5 Å². The Morgan fingerprint density at radius 2 is 1.69 bits per heavy atom. The van der Waals surface area contributed by atoms with Crippen molar-refractivity contribution >= 4 is 5.57 Å². The van der Waals surface area contributed by atoms with Gasteiger partial charge < -0.3 is 0 Å². The molecule has 82 valence electrons. The van der Waals surface area contributed by atoms with Gasteiger partial charge in [-0.15, -0.1) is 0 Å². The lowest BCUT2D eigenvalue weighted by molar-refractivity contribution is 0.861. The van der Waals surface area contributed by atoms with Gasteiger partial charge in [0.2, 0.25) is 0 Å². The predicted molar refractivity (Wildman–Crippen MR) is 69.4 cm³/mol. The summed E-state index contributed by atoms with van der Waals surface area (Å²) in [5, 5.41) is 0. The fourth-order valence-electron chi connectivity index (χ4n) is 3.17. The third kappa shape index (κ3) is 1.29. The molecule has 0 saturated carbocycles. The second-order valence-electron chi connectivity index (χ2n) is 4.92. The zero-order valence-electron chi connectivity index (χ0n) is 10.1. The number of allylic oxidation sites excluding steroid dienone is 4. The van der Waals surface area contributed by atoms with Crippen molar-refractivity contribution < 1.29 is 0 Å². The monoisotopic (exact) mass is 210 g/mol. The van der Waals surface area contributed by atoms with Crippen LogP contribution in [0.2, 0.25) is 0 Å². The second-order valence-corrected chi connectivity index (χ2v) is 4.92. The lowest BCUT2D eigenvalue weighted by Gasteiger charge is -2.30. The number of rotatable bonds is 0. The SMILES string of the molecule is C/C=C1/CCc2cccc3c2C1=C(C)CC3. The van der Waals surface area contributed by atoms with Crippen molar-refractivity contribution in [3.63, 3.8) is 0 Å². The van der Waals surface area contributed by atoms with Gasteiger partial charge in [0.05, 0.1) is 0 Å². The van der Waals surface area contributed by atoms with Gasteiger partial charge in [-0.05, 0) is 67.4 Å². The molecule has 0 bridgehead atoms. The lowest BCUT2D eigenvalue weighted by atomic mass is 9.74. The van der Waals surface area contributed by atoms with Gasteiger partial charge in [-0.2, -0.15) is 0 Å². The highest BCUT2D eigenvalue weighted by Crippen LogP contribution is 2.43. The molecular formula is C16H18. The van der Waals surface area contributed by atoms with Crippen LogP contribution in [0.3, 0.4) is 0 Å². The maximum absolute atomic E-state index is 2.31. The highest BCUT2D eigenvalue weighted by Gasteiger charge is 2.25. The summed E-state index contributed by atoms with van der Waals surface area (Å²) in [6.45, 7) is 4.49. The van der Waals surface area contributed by atoms with Crippen molar-refractivity contribution in [2.24, 2.45) is 0 Å². The summed E-state index contributed by atoms with van der Waals surface area (Å²) in [6, 6.07) is 6.85. The molecule has 0 aromatic heterocycles. The third-order valence-corrected chi connectivity index (χ3v) is 4.02. The van der Waals surface area contributed by atoms with Gasteiger partial charge in [0.25, 0.3) is 0 Å². The molecule has 0 atom stereocenters. The molecule has 0 nitrogen and oxygen atoms in total. The average molecular weight is 210 g/mol. The van der Waals surface area contributed by atoms with E-state index in [4.69, 9.17) is 0 Å². The molecule has 0 heteroatoms. The van der Waals surface area contributed by atoms with Crippen LogP contribution in [0, 0.1) is 0 Å². The molecule has 16 heavy (non-hydrogen) atoms. The Morgan fingerprint density at radius 3 is 2.38 bits per heavy atom. The highest BCUT2D eigenvalue weighted by atomic mass is 14.3. The van der Waals surface area contributed by atoms with Crippen LogP contribution in [0.25, 0.3) is 5.57 Å². The molecule has 0 fully saturated rings. The Bertz CT molecular complexity index is 501. The van der Waals surface area contributed by atoms with Crippen molar-refractivity contribution in [2.75, 3.05) is 0 Å². The van der Waals surface area contributed by atoms with E-state index in [1.165, 1.54) is 25.7 Å². The van der Waals surface area contributed by atoms with Gasteiger partial charge in [-0.1, -0.05) is 29.8 Å². The normalized spacial score (nSPS) is 21.2. The molecule has 0 spiro atoms. The van der Waals surface area contributed by atoms with Crippen molar-refractivity contribution in [3.05, 3.63) is 52.1 Å². The van der Waals surface area contributed by atoms with Gasteiger partial charge in [-0.25, -0.2) is 0 Å². The minimum absolute atomic E-state index is 1.22. The molecule has 0 N–H and O–H groups in total. The van der Waals surface area contributed by atoms with Crippen LogP contribution in [0.15, 0.2) is 35.4 Å². The van der Waals surface area contributed by atoms with Crippen LogP contribution in [-0.4, -0.2) is 0 Å². The Labute approximate surface area is 97.7 Å². The van der Waals surface area contributed by atoms with Crippen LogP contribution in [0.1, 0.15) is 43.4 Å². The molecule has 1 aromatic rings. The van der Waals surface area contributed by atoms with Crippen LogP contribution < -0.4 is 0 Å². The summed E-state index contributed by atoms with van der Waals surface area (Å²) in [6.07, 6.45) is 7.22. The zero-order chi connectivity index (χ0) is 11.1. The highest BCUT2D eigenvalue weighted by molar-refractivity contribution is 5.87. The Morgan fingerprint density at radius 1 is 1.00 bits per heavy atom. The molecular weight excluding hydrogens is 192 g/mol. The van der Waals surface area contributed by atoms with E-state index in [1.54, 1.807) is 33.4 Å². The second kappa shape index (κ2) is 3.62. The first-order chi connectivity index (χ1) is 7.81. The predicted octanol–water partition coefficient (Wildman–Crippen LogP) is 4.30. The van der Waals surface area contributed by atoms with E-state index in [1.807, 2.05) is 0 Å². The molecule has 2 aliphatic rings. The Kier molecular flexibility index (Phi) is 2.24. The average Bonchev–Trinajstić information content (AvgIpc) is 2.33. The minimum Gasteiger partial charge on any atom is -0.0838 e. The molecule has 0 unspecified atom stereocenters. The molecule has 2 aliphatic carbocycles. The maximum atomic E-state index is 2.31. The standard InChI is InChI=1S/C16H18/c1-3-12-9-10-14-6-4-5-13-8-7-11(2)15(12)16(13)14/h3-6H,7-10H2,1-2H3/b12-3-. The molecule has 0 radical (unpaired) electrons. The van der Waals surface area contributed by atoms with Gasteiger partial charge in [0, 0.05) is 0 Å². The summed E-state index contributed by atoms with van der Waals surface area (Å²) >= 11 is 0. The van der Waals surface area contributed by atoms with Crippen LogP contribution in [0.4, 0.5) is 0 Å². The molecule has 0 heterocycles. The number of hydrogen-bond acceptors (Lipinski definition) is 0. The smallest absolute Gasteiger partial charge is 0.0117 e. The van der Waals surface area contributed by atoms with E-state index in [0.717, 1.165) is 0 Å². The van der Waals surface area contributed by atoms with E-state index in [9.17, 15) is 0 Å². The topological polar surface area (TPSA) is 0 Å². The molecule has 3 rings (SSSR count). The summed E-state index contributed by atoms with van der Waals surface area (Å²) in [7, 11) is 0. The molecule has 0 saturated heterocycles.